The maximum absolute atomic E-state index is 12.3. The van der Waals surface area contributed by atoms with Gasteiger partial charge in [0.2, 0.25) is 0 Å². The van der Waals surface area contributed by atoms with Crippen molar-refractivity contribution < 1.29 is 17.9 Å². The number of aromatic nitrogens is 2. The van der Waals surface area contributed by atoms with Crippen LogP contribution >= 0.6 is 0 Å². The Morgan fingerprint density at radius 3 is 2.33 bits per heavy atom. The molecule has 9 heteroatoms. The van der Waals surface area contributed by atoms with Gasteiger partial charge in [-0.1, -0.05) is 0 Å². The lowest BCUT2D eigenvalue weighted by molar-refractivity contribution is -0.00545. The van der Waals surface area contributed by atoms with Crippen LogP contribution in [0.15, 0.2) is 41.7 Å². The van der Waals surface area contributed by atoms with Gasteiger partial charge in [-0.25, -0.2) is 18.4 Å². The Hall–Kier alpha value is -2.52. The molecule has 0 bridgehead atoms. The lowest BCUT2D eigenvalue weighted by atomic mass is 10.2. The smallest absolute Gasteiger partial charge is 0.257 e. The van der Waals surface area contributed by atoms with Crippen molar-refractivity contribution in [1.82, 2.24) is 9.97 Å². The van der Waals surface area contributed by atoms with Gasteiger partial charge in [0, 0.05) is 25.5 Å². The lowest BCUT2D eigenvalue weighted by Crippen LogP contribution is -2.45. The third kappa shape index (κ3) is 4.81. The quantitative estimate of drug-likeness (QED) is 0.848. The number of carbonyl (C=O) groups excluding carboxylic acids is 1. The van der Waals surface area contributed by atoms with Crippen LogP contribution in [-0.2, 0) is 14.6 Å². The van der Waals surface area contributed by atoms with Gasteiger partial charge in [-0.2, -0.15) is 0 Å². The van der Waals surface area contributed by atoms with Crippen LogP contribution < -0.4 is 10.2 Å². The lowest BCUT2D eigenvalue weighted by Gasteiger charge is -2.36. The minimum Gasteiger partial charge on any atom is -0.372 e. The fraction of sp³-hybridized carbons (Fsp3) is 0.389. The molecule has 0 radical (unpaired) electrons. The summed E-state index contributed by atoms with van der Waals surface area (Å²) in [5.41, 5.74) is 0.813. The second kappa shape index (κ2) is 7.61. The van der Waals surface area contributed by atoms with Crippen molar-refractivity contribution in [1.29, 1.82) is 0 Å². The van der Waals surface area contributed by atoms with Gasteiger partial charge in [-0.15, -0.1) is 0 Å². The van der Waals surface area contributed by atoms with E-state index in [1.807, 2.05) is 19.9 Å². The van der Waals surface area contributed by atoms with Gasteiger partial charge < -0.3 is 15.0 Å². The third-order valence-corrected chi connectivity index (χ3v) is 5.13. The second-order valence-electron chi connectivity index (χ2n) is 6.68. The number of pyridine rings is 2. The molecule has 2 aromatic rings. The Morgan fingerprint density at radius 2 is 1.81 bits per heavy atom. The summed E-state index contributed by atoms with van der Waals surface area (Å²) >= 11 is 0. The number of amides is 1. The SMILES string of the molecule is CC1CN(c2ccc(NC(=O)c3ccc(S(C)(=O)=O)nc3)cn2)CC(C)O1. The fourth-order valence-electron chi connectivity index (χ4n) is 2.95. The van der Waals surface area contributed by atoms with Crippen LogP contribution in [0.3, 0.4) is 0 Å². The van der Waals surface area contributed by atoms with Gasteiger partial charge in [0.25, 0.3) is 5.91 Å². The van der Waals surface area contributed by atoms with E-state index in [-0.39, 0.29) is 28.7 Å². The number of rotatable bonds is 4. The summed E-state index contributed by atoms with van der Waals surface area (Å²) in [4.78, 5) is 22.7. The number of ether oxygens (including phenoxy) is 1. The molecule has 3 rings (SSSR count). The monoisotopic (exact) mass is 390 g/mol. The molecule has 1 saturated heterocycles. The number of nitrogens with zero attached hydrogens (tertiary/aromatic N) is 3. The summed E-state index contributed by atoms with van der Waals surface area (Å²) < 4.78 is 28.6. The molecule has 1 N–H and O–H groups in total. The third-order valence-electron chi connectivity index (χ3n) is 4.13. The Labute approximate surface area is 158 Å². The van der Waals surface area contributed by atoms with E-state index in [2.05, 4.69) is 20.2 Å². The summed E-state index contributed by atoms with van der Waals surface area (Å²) in [6.07, 6.45) is 4.17. The highest BCUT2D eigenvalue weighted by molar-refractivity contribution is 7.90. The van der Waals surface area contributed by atoms with Crippen molar-refractivity contribution in [3.8, 4) is 0 Å². The highest BCUT2D eigenvalue weighted by Crippen LogP contribution is 2.20. The Balaban J connectivity index is 1.66. The minimum atomic E-state index is -3.39. The second-order valence-corrected chi connectivity index (χ2v) is 8.64. The maximum atomic E-state index is 12.3. The number of morpholine rings is 1. The van der Waals surface area contributed by atoms with Crippen molar-refractivity contribution >= 4 is 27.2 Å². The highest BCUT2D eigenvalue weighted by atomic mass is 32.2. The van der Waals surface area contributed by atoms with Gasteiger partial charge >= 0.3 is 0 Å². The van der Waals surface area contributed by atoms with E-state index in [1.54, 1.807) is 12.3 Å². The van der Waals surface area contributed by atoms with Gasteiger partial charge in [0.15, 0.2) is 14.9 Å². The van der Waals surface area contributed by atoms with E-state index in [1.165, 1.54) is 18.3 Å². The Morgan fingerprint density at radius 1 is 1.11 bits per heavy atom. The average Bonchev–Trinajstić information content (AvgIpc) is 2.61. The molecule has 0 spiro atoms. The minimum absolute atomic E-state index is 0.0703. The first kappa shape index (κ1) is 19.2. The number of nitrogens with one attached hydrogen (secondary N) is 1. The first-order chi connectivity index (χ1) is 12.7. The van der Waals surface area contributed by atoms with E-state index in [0.29, 0.717) is 5.69 Å². The van der Waals surface area contributed by atoms with Crippen LogP contribution in [0.2, 0.25) is 0 Å². The normalized spacial score (nSPS) is 20.3. The summed E-state index contributed by atoms with van der Waals surface area (Å²) in [6.45, 7) is 5.59. The molecule has 0 aromatic carbocycles. The van der Waals surface area contributed by atoms with E-state index in [4.69, 9.17) is 4.74 Å². The molecule has 3 heterocycles. The van der Waals surface area contributed by atoms with Crippen molar-refractivity contribution in [3.05, 3.63) is 42.2 Å². The fourth-order valence-corrected chi connectivity index (χ4v) is 3.51. The summed E-state index contributed by atoms with van der Waals surface area (Å²) in [6, 6.07) is 6.37. The van der Waals surface area contributed by atoms with Crippen LogP contribution in [-0.4, -0.2) is 55.8 Å². The molecule has 0 saturated carbocycles. The average molecular weight is 390 g/mol. The number of hydrogen-bond acceptors (Lipinski definition) is 7. The number of anilines is 2. The molecule has 2 atom stereocenters. The van der Waals surface area contributed by atoms with E-state index >= 15 is 0 Å². The molecule has 144 valence electrons. The first-order valence-corrected chi connectivity index (χ1v) is 10.5. The molecule has 2 unspecified atom stereocenters. The van der Waals surface area contributed by atoms with Gasteiger partial charge in [0.1, 0.15) is 5.82 Å². The number of sulfone groups is 1. The van der Waals surface area contributed by atoms with Gasteiger partial charge in [-0.3, -0.25) is 4.79 Å². The van der Waals surface area contributed by atoms with E-state index < -0.39 is 9.84 Å². The molecular weight excluding hydrogens is 368 g/mol. The summed E-state index contributed by atoms with van der Waals surface area (Å²) in [5.74, 6) is 0.444. The Kier molecular flexibility index (Phi) is 5.43. The number of carbonyl (C=O) groups is 1. The van der Waals surface area contributed by atoms with Crippen molar-refractivity contribution in [2.45, 2.75) is 31.1 Å². The van der Waals surface area contributed by atoms with Crippen LogP contribution in [0.1, 0.15) is 24.2 Å². The number of hydrogen-bond donors (Lipinski definition) is 1. The highest BCUT2D eigenvalue weighted by Gasteiger charge is 2.23. The Bertz CT molecular complexity index is 903. The first-order valence-electron chi connectivity index (χ1n) is 8.56. The maximum Gasteiger partial charge on any atom is 0.257 e. The van der Waals surface area contributed by atoms with Crippen molar-refractivity contribution in [2.24, 2.45) is 0 Å². The van der Waals surface area contributed by atoms with E-state index in [9.17, 15) is 13.2 Å². The molecule has 1 aliphatic heterocycles. The zero-order chi connectivity index (χ0) is 19.6. The topological polar surface area (TPSA) is 101 Å². The molecule has 0 aliphatic carbocycles. The molecule has 27 heavy (non-hydrogen) atoms. The van der Waals surface area contributed by atoms with Gasteiger partial charge in [-0.05, 0) is 38.1 Å². The molecule has 1 aliphatic rings. The zero-order valence-corrected chi connectivity index (χ0v) is 16.2. The van der Waals surface area contributed by atoms with Crippen LogP contribution in [0.4, 0.5) is 11.5 Å². The predicted octanol–water partition coefficient (Wildman–Crippen LogP) is 1.75. The summed E-state index contributed by atoms with van der Waals surface area (Å²) in [7, 11) is -3.39. The molecule has 1 amide bonds. The molecule has 1 fully saturated rings. The van der Waals surface area contributed by atoms with Crippen LogP contribution in [0.25, 0.3) is 0 Å². The zero-order valence-electron chi connectivity index (χ0n) is 15.4. The summed E-state index contributed by atoms with van der Waals surface area (Å²) in [5, 5.41) is 2.66. The molecular formula is C18H22N4O4S. The predicted molar refractivity (Wildman–Crippen MR) is 102 cm³/mol. The van der Waals surface area contributed by atoms with Crippen molar-refractivity contribution in [2.75, 3.05) is 29.6 Å². The van der Waals surface area contributed by atoms with Crippen molar-refractivity contribution in [3.63, 3.8) is 0 Å². The largest absolute Gasteiger partial charge is 0.372 e. The molecule has 2 aromatic heterocycles. The molecule has 8 nitrogen and oxygen atoms in total. The van der Waals surface area contributed by atoms with Crippen LogP contribution in [0.5, 0.6) is 0 Å². The van der Waals surface area contributed by atoms with Crippen LogP contribution in [0, 0.1) is 0 Å². The standard InChI is InChI=1S/C18H22N4O4S/c1-12-10-22(11-13(2)26-12)16-6-5-15(9-19-16)21-18(23)14-4-7-17(20-8-14)27(3,24)25/h4-9,12-13H,10-11H2,1-3H3,(H,21,23). The van der Waals surface area contributed by atoms with E-state index in [0.717, 1.165) is 25.2 Å². The van der Waals surface area contributed by atoms with Gasteiger partial charge in [0.05, 0.1) is 29.7 Å².